The number of halogens is 2. The number of para-hydroxylation sites is 1. The van der Waals surface area contributed by atoms with Gasteiger partial charge in [0.1, 0.15) is 5.75 Å². The van der Waals surface area contributed by atoms with Gasteiger partial charge in [0.05, 0.1) is 21.5 Å². The molecule has 3 rings (SSSR count). The normalized spacial score (nSPS) is 10.9. The first-order valence-corrected chi connectivity index (χ1v) is 10.1. The van der Waals surface area contributed by atoms with Crippen LogP contribution >= 0.6 is 35.0 Å². The number of nitrogens with one attached hydrogen (secondary N) is 1. The second kappa shape index (κ2) is 9.64. The number of anilines is 1. The first-order chi connectivity index (χ1) is 13.5. The highest BCUT2D eigenvalue weighted by atomic mass is 35.5. The van der Waals surface area contributed by atoms with Crippen molar-refractivity contribution < 1.29 is 9.90 Å². The molecule has 0 fully saturated rings. The number of benzene rings is 3. The standard InChI is InChI=1S/C21H16Cl2N2O2S/c22-18-10-7-16(11-19(18)23)25-21(27)13-28-17-8-5-15(6-9-17)24-12-14-3-1-2-4-20(14)26/h1-12,26H,13H2,(H,25,27)/b24-12+. The number of hydrogen-bond acceptors (Lipinski definition) is 4. The zero-order chi connectivity index (χ0) is 19.9. The summed E-state index contributed by atoms with van der Waals surface area (Å²) < 4.78 is 0. The Morgan fingerprint density at radius 1 is 1.04 bits per heavy atom. The van der Waals surface area contributed by atoms with Gasteiger partial charge in [-0.25, -0.2) is 0 Å². The molecule has 0 bridgehead atoms. The Hall–Kier alpha value is -2.47. The topological polar surface area (TPSA) is 61.7 Å². The summed E-state index contributed by atoms with van der Waals surface area (Å²) >= 11 is 13.2. The third kappa shape index (κ3) is 5.76. The van der Waals surface area contributed by atoms with Crippen LogP contribution in [-0.4, -0.2) is 23.0 Å². The van der Waals surface area contributed by atoms with E-state index in [1.54, 1.807) is 42.6 Å². The molecule has 0 aliphatic heterocycles. The molecular formula is C21H16Cl2N2O2S. The molecule has 2 N–H and O–H groups in total. The van der Waals surface area contributed by atoms with Gasteiger partial charge < -0.3 is 10.4 Å². The van der Waals surface area contributed by atoms with E-state index in [2.05, 4.69) is 10.3 Å². The van der Waals surface area contributed by atoms with Crippen molar-refractivity contribution in [1.82, 2.24) is 0 Å². The lowest BCUT2D eigenvalue weighted by Crippen LogP contribution is -2.13. The maximum absolute atomic E-state index is 12.1. The van der Waals surface area contributed by atoms with Crippen molar-refractivity contribution in [3.8, 4) is 5.75 Å². The van der Waals surface area contributed by atoms with E-state index >= 15 is 0 Å². The highest BCUT2D eigenvalue weighted by molar-refractivity contribution is 8.00. The van der Waals surface area contributed by atoms with Crippen molar-refractivity contribution in [1.29, 1.82) is 0 Å². The van der Waals surface area contributed by atoms with Crippen molar-refractivity contribution in [2.75, 3.05) is 11.1 Å². The van der Waals surface area contributed by atoms with Gasteiger partial charge in [-0.05, 0) is 54.6 Å². The third-order valence-electron chi connectivity index (χ3n) is 3.70. The number of phenols is 1. The van der Waals surface area contributed by atoms with Gasteiger partial charge >= 0.3 is 0 Å². The van der Waals surface area contributed by atoms with Crippen molar-refractivity contribution in [2.24, 2.45) is 4.99 Å². The Labute approximate surface area is 177 Å². The van der Waals surface area contributed by atoms with E-state index in [1.165, 1.54) is 11.8 Å². The van der Waals surface area contributed by atoms with Gasteiger partial charge in [-0.3, -0.25) is 9.79 Å². The number of aliphatic imine (C=N–C) groups is 1. The predicted octanol–water partition coefficient (Wildman–Crippen LogP) is 6.18. The Kier molecular flexibility index (Phi) is 6.98. The number of nitrogens with zero attached hydrogens (tertiary/aromatic N) is 1. The molecule has 4 nitrogen and oxygen atoms in total. The van der Waals surface area contributed by atoms with Crippen molar-refractivity contribution in [2.45, 2.75) is 4.90 Å². The summed E-state index contributed by atoms with van der Waals surface area (Å²) in [4.78, 5) is 17.4. The van der Waals surface area contributed by atoms with Crippen LogP contribution in [0.2, 0.25) is 10.0 Å². The Morgan fingerprint density at radius 3 is 2.50 bits per heavy atom. The minimum absolute atomic E-state index is 0.134. The van der Waals surface area contributed by atoms with E-state index in [-0.39, 0.29) is 17.4 Å². The molecular weight excluding hydrogens is 415 g/mol. The van der Waals surface area contributed by atoms with Crippen LogP contribution in [0.25, 0.3) is 0 Å². The van der Waals surface area contributed by atoms with Crippen LogP contribution in [0.3, 0.4) is 0 Å². The number of phenolic OH excluding ortho intramolecular Hbond substituents is 1. The SMILES string of the molecule is O=C(CSc1ccc(/N=C/c2ccccc2O)cc1)Nc1ccc(Cl)c(Cl)c1. The zero-order valence-corrected chi connectivity index (χ0v) is 16.9. The molecule has 0 aliphatic carbocycles. The molecule has 0 heterocycles. The van der Waals surface area contributed by atoms with E-state index in [0.717, 1.165) is 10.6 Å². The fourth-order valence-corrected chi connectivity index (χ4v) is 3.29. The lowest BCUT2D eigenvalue weighted by atomic mass is 10.2. The molecule has 0 radical (unpaired) electrons. The summed E-state index contributed by atoms with van der Waals surface area (Å²) in [6.45, 7) is 0. The maximum atomic E-state index is 12.1. The fourth-order valence-electron chi connectivity index (χ4n) is 2.29. The highest BCUT2D eigenvalue weighted by Crippen LogP contribution is 2.26. The molecule has 142 valence electrons. The number of aromatic hydroxyl groups is 1. The lowest BCUT2D eigenvalue weighted by Gasteiger charge is -2.06. The van der Waals surface area contributed by atoms with Crippen LogP contribution in [-0.2, 0) is 4.79 Å². The van der Waals surface area contributed by atoms with Crippen molar-refractivity contribution in [3.63, 3.8) is 0 Å². The molecule has 0 saturated heterocycles. The number of thioether (sulfide) groups is 1. The van der Waals surface area contributed by atoms with Gasteiger partial charge in [0.2, 0.25) is 5.91 Å². The lowest BCUT2D eigenvalue weighted by molar-refractivity contribution is -0.113. The summed E-state index contributed by atoms with van der Waals surface area (Å²) in [5, 5.41) is 13.4. The van der Waals surface area contributed by atoms with Crippen molar-refractivity contribution in [3.05, 3.63) is 82.3 Å². The van der Waals surface area contributed by atoms with Gasteiger partial charge in [-0.1, -0.05) is 35.3 Å². The summed E-state index contributed by atoms with van der Waals surface area (Å²) in [5.74, 6) is 0.317. The molecule has 0 atom stereocenters. The molecule has 28 heavy (non-hydrogen) atoms. The molecule has 7 heteroatoms. The summed E-state index contributed by atoms with van der Waals surface area (Å²) in [6.07, 6.45) is 1.61. The quantitative estimate of drug-likeness (QED) is 0.362. The second-order valence-corrected chi connectivity index (χ2v) is 7.64. The highest BCUT2D eigenvalue weighted by Gasteiger charge is 2.06. The van der Waals surface area contributed by atoms with Crippen molar-refractivity contribution >= 4 is 58.5 Å². The van der Waals surface area contributed by atoms with Gasteiger partial charge in [-0.2, -0.15) is 0 Å². The molecule has 0 unspecified atom stereocenters. The van der Waals surface area contributed by atoms with Gasteiger partial charge in [0, 0.05) is 22.4 Å². The van der Waals surface area contributed by atoms with E-state index in [9.17, 15) is 9.90 Å². The van der Waals surface area contributed by atoms with E-state index in [0.29, 0.717) is 21.3 Å². The van der Waals surface area contributed by atoms with Gasteiger partial charge in [0.25, 0.3) is 0 Å². The van der Waals surface area contributed by atoms with Crippen LogP contribution < -0.4 is 5.32 Å². The largest absolute Gasteiger partial charge is 0.507 e. The molecule has 0 aromatic heterocycles. The molecule has 1 amide bonds. The fraction of sp³-hybridized carbons (Fsp3) is 0.0476. The number of carbonyl (C=O) groups excluding carboxylic acids is 1. The van der Waals surface area contributed by atoms with E-state index in [1.807, 2.05) is 30.3 Å². The summed E-state index contributed by atoms with van der Waals surface area (Å²) in [6, 6.07) is 19.5. The van der Waals surface area contributed by atoms with Crippen LogP contribution in [0.5, 0.6) is 5.75 Å². The molecule has 0 aliphatic rings. The maximum Gasteiger partial charge on any atom is 0.234 e. The van der Waals surface area contributed by atoms with Crippen LogP contribution in [0.4, 0.5) is 11.4 Å². The monoisotopic (exact) mass is 430 g/mol. The first-order valence-electron chi connectivity index (χ1n) is 8.31. The molecule has 3 aromatic rings. The summed E-state index contributed by atoms with van der Waals surface area (Å²) in [5.41, 5.74) is 2.02. The van der Waals surface area contributed by atoms with Crippen LogP contribution in [0, 0.1) is 0 Å². The van der Waals surface area contributed by atoms with Crippen LogP contribution in [0.15, 0.2) is 76.6 Å². The average molecular weight is 431 g/mol. The predicted molar refractivity (Wildman–Crippen MR) is 118 cm³/mol. The van der Waals surface area contributed by atoms with E-state index < -0.39 is 0 Å². The average Bonchev–Trinajstić information content (AvgIpc) is 2.69. The Bertz CT molecular complexity index is 1010. The number of rotatable bonds is 6. The minimum atomic E-state index is -0.134. The van der Waals surface area contributed by atoms with E-state index in [4.69, 9.17) is 23.2 Å². The molecule has 0 saturated carbocycles. The number of amides is 1. The second-order valence-electron chi connectivity index (χ2n) is 5.78. The minimum Gasteiger partial charge on any atom is -0.507 e. The molecule has 0 spiro atoms. The molecule has 3 aromatic carbocycles. The third-order valence-corrected chi connectivity index (χ3v) is 5.45. The summed E-state index contributed by atoms with van der Waals surface area (Å²) in [7, 11) is 0. The smallest absolute Gasteiger partial charge is 0.234 e. The van der Waals surface area contributed by atoms with Crippen LogP contribution in [0.1, 0.15) is 5.56 Å². The van der Waals surface area contributed by atoms with Gasteiger partial charge in [0.15, 0.2) is 0 Å². The van der Waals surface area contributed by atoms with Gasteiger partial charge in [-0.15, -0.1) is 11.8 Å². The zero-order valence-electron chi connectivity index (χ0n) is 14.6. The number of hydrogen-bond donors (Lipinski definition) is 2. The Balaban J connectivity index is 1.53. The first kappa shape index (κ1) is 20.3. The Morgan fingerprint density at radius 2 is 1.79 bits per heavy atom. The number of carbonyl (C=O) groups is 1.